The number of hydrazone groups is 1. The molecule has 0 unspecified atom stereocenters. The molecule has 27 heavy (non-hydrogen) atoms. The molecule has 0 bridgehead atoms. The average Bonchev–Trinajstić information content (AvgIpc) is 3.00. The highest BCUT2D eigenvalue weighted by Gasteiger charge is 2.48. The van der Waals surface area contributed by atoms with Crippen molar-refractivity contribution >= 4 is 40.8 Å². The average molecular weight is 407 g/mol. The van der Waals surface area contributed by atoms with Crippen LogP contribution < -0.4 is 0 Å². The van der Waals surface area contributed by atoms with E-state index >= 15 is 0 Å². The first-order valence-electron chi connectivity index (χ1n) is 8.18. The van der Waals surface area contributed by atoms with Gasteiger partial charge >= 0.3 is 5.97 Å². The Morgan fingerprint density at radius 1 is 1.19 bits per heavy atom. The van der Waals surface area contributed by atoms with Gasteiger partial charge in [-0.3, -0.25) is 4.79 Å². The van der Waals surface area contributed by atoms with E-state index in [0.717, 1.165) is 5.01 Å². The maximum absolute atomic E-state index is 13.0. The van der Waals surface area contributed by atoms with Crippen molar-refractivity contribution in [2.24, 2.45) is 5.10 Å². The Labute approximate surface area is 165 Å². The van der Waals surface area contributed by atoms with Crippen LogP contribution in [-0.4, -0.2) is 34.3 Å². The Bertz CT molecular complexity index is 914. The summed E-state index contributed by atoms with van der Waals surface area (Å²) in [6, 6.07) is 12.6. The number of hydrogen-bond donors (Lipinski definition) is 1. The van der Waals surface area contributed by atoms with Crippen LogP contribution in [0.25, 0.3) is 0 Å². The van der Waals surface area contributed by atoms with E-state index in [4.69, 9.17) is 27.9 Å². The second kappa shape index (κ2) is 7.68. The number of halogens is 2. The van der Waals surface area contributed by atoms with Crippen molar-refractivity contribution in [1.82, 2.24) is 5.01 Å². The van der Waals surface area contributed by atoms with Crippen LogP contribution >= 0.6 is 23.2 Å². The maximum atomic E-state index is 13.0. The molecule has 0 spiro atoms. The zero-order chi connectivity index (χ0) is 19.6. The minimum atomic E-state index is -1.86. The summed E-state index contributed by atoms with van der Waals surface area (Å²) in [7, 11) is 0. The largest absolute Gasteiger partial charge is 0.461 e. The summed E-state index contributed by atoms with van der Waals surface area (Å²) < 4.78 is 4.97. The lowest BCUT2D eigenvalue weighted by Gasteiger charge is -2.31. The number of esters is 1. The van der Waals surface area contributed by atoms with Gasteiger partial charge in [0.2, 0.25) is 0 Å². The first-order chi connectivity index (χ1) is 12.8. The molecule has 2 aromatic carbocycles. The van der Waals surface area contributed by atoms with Crippen LogP contribution in [0, 0.1) is 0 Å². The molecule has 140 valence electrons. The SMILES string of the molecule is CCOC(=O)C1=NN(C(=O)c2cccc(Cl)c2)[C@](O)(c2ccc(Cl)cc2)C1. The first kappa shape index (κ1) is 19.4. The molecular formula is C19H16Cl2N2O4. The van der Waals surface area contributed by atoms with E-state index in [1.165, 1.54) is 6.07 Å². The highest BCUT2D eigenvalue weighted by molar-refractivity contribution is 6.37. The summed E-state index contributed by atoms with van der Waals surface area (Å²) in [6.45, 7) is 1.81. The number of amides is 1. The topological polar surface area (TPSA) is 79.2 Å². The molecule has 2 aromatic rings. The van der Waals surface area contributed by atoms with E-state index in [-0.39, 0.29) is 24.3 Å². The summed E-state index contributed by atoms with van der Waals surface area (Å²) in [5.74, 6) is -1.29. The minimum Gasteiger partial charge on any atom is -0.461 e. The summed E-state index contributed by atoms with van der Waals surface area (Å²) in [4.78, 5) is 25.1. The Kier molecular flexibility index (Phi) is 5.51. The lowest BCUT2D eigenvalue weighted by atomic mass is 9.97. The molecule has 1 amide bonds. The quantitative estimate of drug-likeness (QED) is 0.786. The standard InChI is InChI=1S/C19H16Cl2N2O4/c1-2-27-18(25)16-11-19(26,13-6-8-14(20)9-7-13)23(22-16)17(24)12-4-3-5-15(21)10-12/h3-10,26H,2,11H2,1H3/t19-/m1/s1. The van der Waals surface area contributed by atoms with Crippen molar-refractivity contribution in [2.75, 3.05) is 6.61 Å². The molecule has 1 aliphatic heterocycles. The molecule has 0 saturated heterocycles. The van der Waals surface area contributed by atoms with Crippen molar-refractivity contribution < 1.29 is 19.4 Å². The van der Waals surface area contributed by atoms with E-state index in [0.29, 0.717) is 15.6 Å². The molecule has 1 aliphatic rings. The molecule has 3 rings (SSSR count). The number of rotatable bonds is 4. The van der Waals surface area contributed by atoms with Gasteiger partial charge in [0, 0.05) is 21.2 Å². The monoisotopic (exact) mass is 406 g/mol. The smallest absolute Gasteiger partial charge is 0.354 e. The van der Waals surface area contributed by atoms with E-state index in [1.807, 2.05) is 0 Å². The van der Waals surface area contributed by atoms with Gasteiger partial charge in [-0.25, -0.2) is 4.79 Å². The highest BCUT2D eigenvalue weighted by Crippen LogP contribution is 2.37. The van der Waals surface area contributed by atoms with Crippen LogP contribution in [0.5, 0.6) is 0 Å². The Hall–Kier alpha value is -2.41. The van der Waals surface area contributed by atoms with Gasteiger partial charge in [-0.2, -0.15) is 10.1 Å². The van der Waals surface area contributed by atoms with Gasteiger partial charge in [0.05, 0.1) is 13.0 Å². The lowest BCUT2D eigenvalue weighted by molar-refractivity contribution is -0.135. The predicted molar refractivity (Wildman–Crippen MR) is 102 cm³/mol. The van der Waals surface area contributed by atoms with Gasteiger partial charge in [-0.15, -0.1) is 0 Å². The minimum absolute atomic E-state index is 0.0512. The van der Waals surface area contributed by atoms with Gasteiger partial charge in [0.1, 0.15) is 0 Å². The van der Waals surface area contributed by atoms with Gasteiger partial charge in [0.15, 0.2) is 11.4 Å². The van der Waals surface area contributed by atoms with Crippen LogP contribution in [0.3, 0.4) is 0 Å². The molecule has 1 heterocycles. The predicted octanol–water partition coefficient (Wildman–Crippen LogP) is 3.60. The Morgan fingerprint density at radius 2 is 1.89 bits per heavy atom. The number of benzene rings is 2. The Morgan fingerprint density at radius 3 is 2.52 bits per heavy atom. The van der Waals surface area contributed by atoms with Crippen LogP contribution in [0.1, 0.15) is 29.3 Å². The molecule has 0 saturated carbocycles. The van der Waals surface area contributed by atoms with Crippen LogP contribution in [0.4, 0.5) is 0 Å². The fourth-order valence-electron chi connectivity index (χ4n) is 2.77. The van der Waals surface area contributed by atoms with E-state index in [9.17, 15) is 14.7 Å². The van der Waals surface area contributed by atoms with E-state index in [1.54, 1.807) is 49.4 Å². The number of hydrogen-bond acceptors (Lipinski definition) is 5. The van der Waals surface area contributed by atoms with Crippen molar-refractivity contribution in [3.63, 3.8) is 0 Å². The van der Waals surface area contributed by atoms with Crippen LogP contribution in [-0.2, 0) is 15.3 Å². The van der Waals surface area contributed by atoms with Crippen LogP contribution in [0.2, 0.25) is 10.0 Å². The number of aliphatic hydroxyl groups is 1. The number of nitrogens with zero attached hydrogens (tertiary/aromatic N) is 2. The third-order valence-corrected chi connectivity index (χ3v) is 4.55. The first-order valence-corrected chi connectivity index (χ1v) is 8.94. The van der Waals surface area contributed by atoms with Crippen molar-refractivity contribution in [1.29, 1.82) is 0 Å². The molecule has 0 fully saturated rings. The third kappa shape index (κ3) is 3.83. The number of carbonyl (C=O) groups is 2. The molecule has 0 aromatic heterocycles. The number of ether oxygens (including phenoxy) is 1. The van der Waals surface area contributed by atoms with Gasteiger partial charge in [0.25, 0.3) is 5.91 Å². The van der Waals surface area contributed by atoms with Gasteiger partial charge < -0.3 is 9.84 Å². The zero-order valence-corrected chi connectivity index (χ0v) is 15.9. The van der Waals surface area contributed by atoms with Crippen molar-refractivity contribution in [3.05, 3.63) is 69.7 Å². The third-order valence-electron chi connectivity index (χ3n) is 4.07. The second-order valence-electron chi connectivity index (χ2n) is 5.89. The maximum Gasteiger partial charge on any atom is 0.354 e. The molecule has 6 nitrogen and oxygen atoms in total. The second-order valence-corrected chi connectivity index (χ2v) is 6.77. The summed E-state index contributed by atoms with van der Waals surface area (Å²) in [6.07, 6.45) is -0.209. The Balaban J connectivity index is 2.04. The van der Waals surface area contributed by atoms with Crippen molar-refractivity contribution in [2.45, 2.75) is 19.1 Å². The number of carbonyl (C=O) groups excluding carboxylic acids is 2. The molecule has 1 atom stereocenters. The molecule has 8 heteroatoms. The van der Waals surface area contributed by atoms with Gasteiger partial charge in [-0.1, -0.05) is 41.4 Å². The lowest BCUT2D eigenvalue weighted by Crippen LogP contribution is -2.43. The molecule has 0 aliphatic carbocycles. The molecule has 0 radical (unpaired) electrons. The summed E-state index contributed by atoms with van der Waals surface area (Å²) in [5, 5.41) is 17.1. The fourth-order valence-corrected chi connectivity index (χ4v) is 3.09. The zero-order valence-electron chi connectivity index (χ0n) is 14.4. The van der Waals surface area contributed by atoms with E-state index < -0.39 is 17.6 Å². The molecular weight excluding hydrogens is 391 g/mol. The normalized spacial score (nSPS) is 19.0. The fraction of sp³-hybridized carbons (Fsp3) is 0.211. The highest BCUT2D eigenvalue weighted by atomic mass is 35.5. The summed E-state index contributed by atoms with van der Waals surface area (Å²) in [5.41, 5.74) is -1.31. The van der Waals surface area contributed by atoms with E-state index in [2.05, 4.69) is 5.10 Å². The van der Waals surface area contributed by atoms with Gasteiger partial charge in [-0.05, 0) is 37.3 Å². The van der Waals surface area contributed by atoms with Crippen LogP contribution in [0.15, 0.2) is 53.6 Å². The van der Waals surface area contributed by atoms with Crippen molar-refractivity contribution in [3.8, 4) is 0 Å². The molecule has 1 N–H and O–H groups in total. The summed E-state index contributed by atoms with van der Waals surface area (Å²) >= 11 is 11.9.